The zero-order chi connectivity index (χ0) is 18.3. The van der Waals surface area contributed by atoms with Crippen molar-refractivity contribution in [3.63, 3.8) is 0 Å². The number of fused-ring (bicyclic) bond motifs is 2. The van der Waals surface area contributed by atoms with Gasteiger partial charge in [0.2, 0.25) is 5.95 Å². The molecular formula is C18H23N5O3. The smallest absolute Gasteiger partial charge is 0.276 e. The molecule has 0 unspecified atom stereocenters. The van der Waals surface area contributed by atoms with Crippen molar-refractivity contribution in [3.05, 3.63) is 35.0 Å². The number of hydrogen-bond donors (Lipinski definition) is 0. The minimum Gasteiger partial charge on any atom is -0.368 e. The molecule has 8 heteroatoms. The molecule has 2 aliphatic heterocycles. The van der Waals surface area contributed by atoms with E-state index >= 15 is 0 Å². The Morgan fingerprint density at radius 1 is 1.31 bits per heavy atom. The summed E-state index contributed by atoms with van der Waals surface area (Å²) >= 11 is 0. The highest BCUT2D eigenvalue weighted by Crippen LogP contribution is 2.40. The number of piperidine rings is 1. The lowest BCUT2D eigenvalue weighted by Crippen LogP contribution is -2.49. The van der Waals surface area contributed by atoms with Gasteiger partial charge >= 0.3 is 0 Å². The molecule has 26 heavy (non-hydrogen) atoms. The molecule has 4 rings (SSSR count). The predicted molar refractivity (Wildman–Crippen MR) is 94.1 cm³/mol. The van der Waals surface area contributed by atoms with E-state index in [0.717, 1.165) is 17.7 Å². The van der Waals surface area contributed by atoms with E-state index in [-0.39, 0.29) is 5.91 Å². The fraction of sp³-hybridized carbons (Fsp3) is 0.556. The molecule has 1 fully saturated rings. The Bertz CT molecular complexity index is 824. The van der Waals surface area contributed by atoms with E-state index in [4.69, 9.17) is 14.2 Å². The molecule has 1 saturated heterocycles. The molecule has 0 saturated carbocycles. The van der Waals surface area contributed by atoms with Crippen LogP contribution in [0, 0.1) is 6.92 Å². The third-order valence-electron chi connectivity index (χ3n) is 5.14. The average molecular weight is 357 g/mol. The Balaban J connectivity index is 1.56. The highest BCUT2D eigenvalue weighted by molar-refractivity contribution is 5.92. The number of rotatable bonds is 2. The quantitative estimate of drug-likeness (QED) is 0.806. The normalized spacial score (nSPS) is 18.7. The monoisotopic (exact) mass is 357 g/mol. The van der Waals surface area contributed by atoms with E-state index in [1.165, 1.54) is 0 Å². The lowest BCUT2D eigenvalue weighted by Gasteiger charge is -2.44. The molecule has 0 atom stereocenters. The van der Waals surface area contributed by atoms with Crippen molar-refractivity contribution in [1.82, 2.24) is 20.0 Å². The van der Waals surface area contributed by atoms with Crippen LogP contribution < -0.4 is 4.90 Å². The summed E-state index contributed by atoms with van der Waals surface area (Å²) in [6.45, 7) is 3.65. The Morgan fingerprint density at radius 3 is 2.73 bits per heavy atom. The summed E-state index contributed by atoms with van der Waals surface area (Å²) < 4.78 is 11.2. The fourth-order valence-electron chi connectivity index (χ4n) is 3.70. The van der Waals surface area contributed by atoms with Crippen LogP contribution in [0.4, 0.5) is 5.95 Å². The summed E-state index contributed by atoms with van der Waals surface area (Å²) in [7, 11) is 3.86. The molecule has 8 nitrogen and oxygen atoms in total. The van der Waals surface area contributed by atoms with Crippen LogP contribution in [0.15, 0.2) is 16.8 Å². The maximum Gasteiger partial charge on any atom is 0.276 e. The molecule has 1 amide bonds. The first-order valence-electron chi connectivity index (χ1n) is 8.89. The molecule has 0 radical (unpaired) electrons. The maximum absolute atomic E-state index is 12.6. The number of aromatic nitrogens is 3. The number of aryl methyl sites for hydroxylation is 1. The number of likely N-dealkylation sites (tertiary alicyclic amines) is 1. The summed E-state index contributed by atoms with van der Waals surface area (Å²) in [4.78, 5) is 25.5. The Hall–Kier alpha value is -2.48. The average Bonchev–Trinajstić information content (AvgIpc) is 3.08. The molecule has 2 aromatic rings. The van der Waals surface area contributed by atoms with E-state index in [1.807, 2.05) is 30.1 Å². The number of carbonyl (C=O) groups excluding carboxylic acids is 1. The van der Waals surface area contributed by atoms with Crippen LogP contribution in [-0.4, -0.2) is 59.7 Å². The van der Waals surface area contributed by atoms with E-state index < -0.39 is 5.60 Å². The number of carbonyl (C=O) groups is 1. The summed E-state index contributed by atoms with van der Waals surface area (Å²) in [6, 6.07) is 1.68. The van der Waals surface area contributed by atoms with Gasteiger partial charge in [-0.3, -0.25) is 4.79 Å². The summed E-state index contributed by atoms with van der Waals surface area (Å²) in [5, 5.41) is 3.84. The second kappa shape index (κ2) is 6.35. The van der Waals surface area contributed by atoms with Gasteiger partial charge in [0.05, 0.1) is 12.3 Å². The third kappa shape index (κ3) is 2.84. The van der Waals surface area contributed by atoms with Crippen LogP contribution in [-0.2, 0) is 16.8 Å². The van der Waals surface area contributed by atoms with Crippen LogP contribution in [0.5, 0.6) is 0 Å². The van der Waals surface area contributed by atoms with Gasteiger partial charge in [-0.25, -0.2) is 9.97 Å². The van der Waals surface area contributed by atoms with Gasteiger partial charge < -0.3 is 19.1 Å². The molecule has 138 valence electrons. The molecule has 2 aliphatic rings. The number of anilines is 1. The van der Waals surface area contributed by atoms with Crippen molar-refractivity contribution < 1.29 is 14.1 Å². The molecule has 0 aromatic carbocycles. The zero-order valence-corrected chi connectivity index (χ0v) is 15.4. The predicted octanol–water partition coefficient (Wildman–Crippen LogP) is 1.54. The van der Waals surface area contributed by atoms with E-state index in [0.29, 0.717) is 49.9 Å². The van der Waals surface area contributed by atoms with E-state index in [9.17, 15) is 4.79 Å². The van der Waals surface area contributed by atoms with Crippen molar-refractivity contribution in [1.29, 1.82) is 0 Å². The van der Waals surface area contributed by atoms with Gasteiger partial charge in [0.25, 0.3) is 5.91 Å². The van der Waals surface area contributed by atoms with Crippen LogP contribution >= 0.6 is 0 Å². The van der Waals surface area contributed by atoms with Gasteiger partial charge in [0.1, 0.15) is 11.4 Å². The molecule has 0 aliphatic carbocycles. The van der Waals surface area contributed by atoms with Crippen molar-refractivity contribution in [3.8, 4) is 0 Å². The highest BCUT2D eigenvalue weighted by atomic mass is 16.5. The third-order valence-corrected chi connectivity index (χ3v) is 5.14. The minimum absolute atomic E-state index is 0.0931. The first kappa shape index (κ1) is 17.0. The highest BCUT2D eigenvalue weighted by Gasteiger charge is 2.43. The first-order valence-corrected chi connectivity index (χ1v) is 8.89. The molecule has 4 heterocycles. The van der Waals surface area contributed by atoms with Gasteiger partial charge in [-0.2, -0.15) is 0 Å². The summed E-state index contributed by atoms with van der Waals surface area (Å²) in [5.74, 6) is 1.23. The second-order valence-corrected chi connectivity index (χ2v) is 7.15. The first-order chi connectivity index (χ1) is 12.5. The van der Waals surface area contributed by atoms with Gasteiger partial charge in [-0.05, 0) is 31.7 Å². The second-order valence-electron chi connectivity index (χ2n) is 7.15. The zero-order valence-electron chi connectivity index (χ0n) is 15.4. The van der Waals surface area contributed by atoms with Crippen molar-refractivity contribution in [2.45, 2.75) is 31.8 Å². The van der Waals surface area contributed by atoms with Crippen LogP contribution in [0.25, 0.3) is 0 Å². The molecular weight excluding hydrogens is 334 g/mol. The Kier molecular flexibility index (Phi) is 4.14. The molecule has 2 aromatic heterocycles. The van der Waals surface area contributed by atoms with Gasteiger partial charge in [0.15, 0.2) is 5.69 Å². The molecule has 1 spiro atoms. The van der Waals surface area contributed by atoms with Crippen LogP contribution in [0.3, 0.4) is 0 Å². The van der Waals surface area contributed by atoms with E-state index in [1.54, 1.807) is 13.0 Å². The number of hydrogen-bond acceptors (Lipinski definition) is 7. The van der Waals surface area contributed by atoms with Gasteiger partial charge in [-0.15, -0.1) is 0 Å². The lowest BCUT2D eigenvalue weighted by atomic mass is 9.83. The van der Waals surface area contributed by atoms with Crippen molar-refractivity contribution in [2.75, 3.05) is 38.7 Å². The largest absolute Gasteiger partial charge is 0.368 e. The number of nitrogens with zero attached hydrogens (tertiary/aromatic N) is 5. The van der Waals surface area contributed by atoms with E-state index in [2.05, 4.69) is 10.1 Å². The summed E-state index contributed by atoms with van der Waals surface area (Å²) in [6.07, 6.45) is 4.17. The van der Waals surface area contributed by atoms with Crippen LogP contribution in [0.1, 0.15) is 40.3 Å². The Morgan fingerprint density at radius 2 is 2.08 bits per heavy atom. The van der Waals surface area contributed by atoms with Crippen molar-refractivity contribution in [2.24, 2.45) is 0 Å². The van der Waals surface area contributed by atoms with Gasteiger partial charge in [0, 0.05) is 39.4 Å². The maximum atomic E-state index is 12.6. The Labute approximate surface area is 152 Å². The summed E-state index contributed by atoms with van der Waals surface area (Å²) in [5.41, 5.74) is 2.05. The van der Waals surface area contributed by atoms with Crippen LogP contribution in [0.2, 0.25) is 0 Å². The number of amides is 1. The molecule has 0 N–H and O–H groups in total. The minimum atomic E-state index is -0.433. The van der Waals surface area contributed by atoms with Gasteiger partial charge in [-0.1, -0.05) is 5.16 Å². The lowest BCUT2D eigenvalue weighted by molar-refractivity contribution is -0.0967. The topological polar surface area (TPSA) is 84.6 Å². The van der Waals surface area contributed by atoms with Crippen molar-refractivity contribution >= 4 is 11.9 Å². The number of ether oxygens (including phenoxy) is 1. The fourth-order valence-corrected chi connectivity index (χ4v) is 3.70. The SMILES string of the molecule is Cc1cc(C(=O)N2CCC3(CC2)OCCc2cnc(N(C)C)nc23)no1. The molecule has 0 bridgehead atoms. The standard InChI is InChI=1S/C18H23N5O3/c1-12-10-14(21-26-12)16(24)23-7-5-18(6-8-23)15-13(4-9-25-18)11-19-17(20-15)22(2)3/h10-11H,4-9H2,1-3H3.